The van der Waals surface area contributed by atoms with Crippen molar-refractivity contribution in [1.82, 2.24) is 19.9 Å². The average Bonchev–Trinajstić information content (AvgIpc) is 3.47. The van der Waals surface area contributed by atoms with Gasteiger partial charge in [0.15, 0.2) is 0 Å². The number of hydrogen-bond donors (Lipinski definition) is 1. The lowest BCUT2D eigenvalue weighted by atomic mass is 10.0. The van der Waals surface area contributed by atoms with E-state index in [1.54, 1.807) is 37.6 Å². The van der Waals surface area contributed by atoms with E-state index in [2.05, 4.69) is 33.2 Å². The van der Waals surface area contributed by atoms with E-state index in [0.29, 0.717) is 37.3 Å². The van der Waals surface area contributed by atoms with Crippen LogP contribution in [0.3, 0.4) is 0 Å². The molecule has 36 heavy (non-hydrogen) atoms. The third-order valence-corrected chi connectivity index (χ3v) is 8.73. The topological polar surface area (TPSA) is 74.2 Å². The summed E-state index contributed by atoms with van der Waals surface area (Å²) in [7, 11) is 0. The largest absolute Gasteiger partial charge is 0.363 e. The second-order valence-corrected chi connectivity index (χ2v) is 10.8. The maximum absolute atomic E-state index is 14.4. The first-order valence-corrected chi connectivity index (χ1v) is 13.3. The Hall–Kier alpha value is -3.33. The van der Waals surface area contributed by atoms with Crippen molar-refractivity contribution in [3.8, 4) is 0 Å². The fourth-order valence-electron chi connectivity index (χ4n) is 5.49. The number of carbonyl (C=O) groups is 1. The lowest BCUT2D eigenvalue weighted by molar-refractivity contribution is -0.129. The van der Waals surface area contributed by atoms with Crippen LogP contribution < -0.4 is 10.2 Å². The van der Waals surface area contributed by atoms with Crippen LogP contribution in [-0.2, 0) is 17.6 Å². The summed E-state index contributed by atoms with van der Waals surface area (Å²) < 4.78 is 14.4. The SMILES string of the molecule is CC(=O)N1CCN(c2nc3c(C)c(F)ccc3cc2C(C)Nc2ncnc3sc4c(c23)CCC4)CC1. The number of fused-ring (bicyclic) bond motifs is 4. The van der Waals surface area contributed by atoms with Gasteiger partial charge in [0.2, 0.25) is 5.91 Å². The zero-order valence-electron chi connectivity index (χ0n) is 20.8. The van der Waals surface area contributed by atoms with Crippen molar-refractivity contribution in [2.75, 3.05) is 36.4 Å². The van der Waals surface area contributed by atoms with E-state index < -0.39 is 0 Å². The van der Waals surface area contributed by atoms with Gasteiger partial charge in [0.1, 0.15) is 28.6 Å². The average molecular weight is 505 g/mol. The van der Waals surface area contributed by atoms with Crippen LogP contribution in [0.15, 0.2) is 24.5 Å². The molecule has 1 fully saturated rings. The molecule has 1 saturated heterocycles. The molecule has 1 aliphatic heterocycles. The van der Waals surface area contributed by atoms with E-state index in [1.165, 1.54) is 22.9 Å². The van der Waals surface area contributed by atoms with Crippen LogP contribution in [0.4, 0.5) is 16.0 Å². The quantitative estimate of drug-likeness (QED) is 0.421. The summed E-state index contributed by atoms with van der Waals surface area (Å²) in [6.07, 6.45) is 5.00. The van der Waals surface area contributed by atoms with E-state index in [1.807, 2.05) is 4.90 Å². The Balaban J connectivity index is 1.41. The minimum Gasteiger partial charge on any atom is -0.363 e. The summed E-state index contributed by atoms with van der Waals surface area (Å²) in [5, 5.41) is 5.72. The van der Waals surface area contributed by atoms with Crippen molar-refractivity contribution in [3.05, 3.63) is 51.9 Å². The minimum absolute atomic E-state index is 0.0883. The van der Waals surface area contributed by atoms with Crippen molar-refractivity contribution in [2.24, 2.45) is 0 Å². The van der Waals surface area contributed by atoms with Gasteiger partial charge >= 0.3 is 0 Å². The number of hydrogen-bond acceptors (Lipinski definition) is 7. The van der Waals surface area contributed by atoms with Gasteiger partial charge in [-0.1, -0.05) is 0 Å². The third kappa shape index (κ3) is 3.86. The van der Waals surface area contributed by atoms with E-state index in [-0.39, 0.29) is 17.8 Å². The lowest BCUT2D eigenvalue weighted by Crippen LogP contribution is -2.48. The molecular formula is C27H29FN6OS. The summed E-state index contributed by atoms with van der Waals surface area (Å²) >= 11 is 1.78. The first-order chi connectivity index (χ1) is 17.4. The van der Waals surface area contributed by atoms with Crippen LogP contribution in [0.5, 0.6) is 0 Å². The summed E-state index contributed by atoms with van der Waals surface area (Å²) in [6, 6.07) is 5.33. The van der Waals surface area contributed by atoms with Gasteiger partial charge in [0.25, 0.3) is 0 Å². The number of benzene rings is 1. The van der Waals surface area contributed by atoms with Crippen LogP contribution in [0.25, 0.3) is 21.1 Å². The Morgan fingerprint density at radius 1 is 1.17 bits per heavy atom. The molecule has 1 N–H and O–H groups in total. The zero-order chi connectivity index (χ0) is 25.0. The summed E-state index contributed by atoms with van der Waals surface area (Å²) in [6.45, 7) is 8.16. The molecule has 4 heterocycles. The van der Waals surface area contributed by atoms with Crippen molar-refractivity contribution in [3.63, 3.8) is 0 Å². The maximum Gasteiger partial charge on any atom is 0.219 e. The fourth-order valence-corrected chi connectivity index (χ4v) is 6.72. The molecule has 186 valence electrons. The van der Waals surface area contributed by atoms with Crippen LogP contribution in [0.1, 0.15) is 47.9 Å². The first-order valence-electron chi connectivity index (χ1n) is 12.5. The number of aryl methyl sites for hydroxylation is 3. The second-order valence-electron chi connectivity index (χ2n) is 9.76. The Morgan fingerprint density at radius 2 is 1.97 bits per heavy atom. The van der Waals surface area contributed by atoms with Gasteiger partial charge in [-0.25, -0.2) is 19.3 Å². The van der Waals surface area contributed by atoms with Gasteiger partial charge < -0.3 is 15.1 Å². The van der Waals surface area contributed by atoms with Crippen molar-refractivity contribution in [1.29, 1.82) is 0 Å². The second kappa shape index (κ2) is 8.96. The lowest BCUT2D eigenvalue weighted by Gasteiger charge is -2.36. The van der Waals surface area contributed by atoms with Gasteiger partial charge in [-0.2, -0.15) is 0 Å². The number of halogens is 1. The Morgan fingerprint density at radius 3 is 2.75 bits per heavy atom. The van der Waals surface area contributed by atoms with E-state index in [4.69, 9.17) is 4.98 Å². The molecule has 1 atom stereocenters. The number of carbonyl (C=O) groups excluding carboxylic acids is 1. The monoisotopic (exact) mass is 504 g/mol. The van der Waals surface area contributed by atoms with Crippen LogP contribution in [-0.4, -0.2) is 51.9 Å². The maximum atomic E-state index is 14.4. The van der Waals surface area contributed by atoms with Gasteiger partial charge in [-0.3, -0.25) is 4.79 Å². The molecule has 1 aliphatic carbocycles. The van der Waals surface area contributed by atoms with E-state index >= 15 is 0 Å². The number of piperazine rings is 1. The highest BCUT2D eigenvalue weighted by Crippen LogP contribution is 2.40. The predicted molar refractivity (Wildman–Crippen MR) is 142 cm³/mol. The molecule has 0 spiro atoms. The normalized spacial score (nSPS) is 16.6. The van der Waals surface area contributed by atoms with Crippen LogP contribution >= 0.6 is 11.3 Å². The molecule has 1 unspecified atom stereocenters. The molecule has 7 nitrogen and oxygen atoms in total. The summed E-state index contributed by atoms with van der Waals surface area (Å²) in [4.78, 5) is 32.6. The number of thiophene rings is 1. The van der Waals surface area contributed by atoms with Gasteiger partial charge in [0.05, 0.1) is 16.9 Å². The standard InChI is InChI=1S/C27H29FN6OS/c1-15-21(28)8-7-18-13-20(26(32-24(15)18)34-11-9-33(10-12-34)17(3)35)16(2)31-25-23-19-5-4-6-22(19)36-27(23)30-14-29-25/h7-8,13-14,16H,4-6,9-12H2,1-3H3,(H,29,30,31). The van der Waals surface area contributed by atoms with E-state index in [0.717, 1.165) is 45.6 Å². The minimum atomic E-state index is -0.254. The summed E-state index contributed by atoms with van der Waals surface area (Å²) in [5.41, 5.74) is 3.64. The zero-order valence-corrected chi connectivity index (χ0v) is 21.6. The number of anilines is 2. The number of nitrogens with zero attached hydrogens (tertiary/aromatic N) is 5. The number of aromatic nitrogens is 3. The van der Waals surface area contributed by atoms with Crippen molar-refractivity contribution < 1.29 is 9.18 Å². The van der Waals surface area contributed by atoms with Gasteiger partial charge in [-0.15, -0.1) is 11.3 Å². The highest BCUT2D eigenvalue weighted by Gasteiger charge is 2.26. The highest BCUT2D eigenvalue weighted by atomic mass is 32.1. The van der Waals surface area contributed by atoms with E-state index in [9.17, 15) is 9.18 Å². The molecule has 6 rings (SSSR count). The predicted octanol–water partition coefficient (Wildman–Crippen LogP) is 5.02. The molecule has 3 aromatic heterocycles. The number of rotatable bonds is 4. The van der Waals surface area contributed by atoms with Gasteiger partial charge in [0, 0.05) is 54.5 Å². The van der Waals surface area contributed by atoms with Crippen LogP contribution in [0, 0.1) is 12.7 Å². The molecule has 0 radical (unpaired) electrons. The number of pyridine rings is 1. The molecule has 0 bridgehead atoms. The van der Waals surface area contributed by atoms with Crippen molar-refractivity contribution >= 4 is 50.0 Å². The first kappa shape index (κ1) is 23.1. The van der Waals surface area contributed by atoms with Gasteiger partial charge in [-0.05, 0) is 56.9 Å². The van der Waals surface area contributed by atoms with Crippen molar-refractivity contribution in [2.45, 2.75) is 46.1 Å². The number of nitrogens with one attached hydrogen (secondary N) is 1. The smallest absolute Gasteiger partial charge is 0.219 e. The molecule has 1 amide bonds. The molecule has 0 saturated carbocycles. The Bertz CT molecular complexity index is 1490. The Labute approximate surface area is 213 Å². The fraction of sp³-hybridized carbons (Fsp3) is 0.407. The number of amides is 1. The third-order valence-electron chi connectivity index (χ3n) is 7.53. The highest BCUT2D eigenvalue weighted by molar-refractivity contribution is 7.19. The molecule has 9 heteroatoms. The Kier molecular flexibility index (Phi) is 5.75. The summed E-state index contributed by atoms with van der Waals surface area (Å²) in [5.74, 6) is 1.52. The molecule has 1 aromatic carbocycles. The molecular weight excluding hydrogens is 475 g/mol. The molecule has 4 aromatic rings. The van der Waals surface area contributed by atoms with Crippen LogP contribution in [0.2, 0.25) is 0 Å². The molecule has 2 aliphatic rings.